The molecule has 1 N–H and O–H groups in total. The fourth-order valence-corrected chi connectivity index (χ4v) is 5.23. The van der Waals surface area contributed by atoms with Gasteiger partial charge in [-0.3, -0.25) is 9.69 Å². The first-order valence-electron chi connectivity index (χ1n) is 10.2. The summed E-state index contributed by atoms with van der Waals surface area (Å²) in [6, 6.07) is 16.1. The first-order chi connectivity index (χ1) is 14.0. The van der Waals surface area contributed by atoms with Crippen LogP contribution in [0.2, 0.25) is 0 Å². The summed E-state index contributed by atoms with van der Waals surface area (Å²) < 4.78 is 28.0. The van der Waals surface area contributed by atoms with Crippen LogP contribution in [0.5, 0.6) is 0 Å². The van der Waals surface area contributed by atoms with Gasteiger partial charge in [0, 0.05) is 31.2 Å². The molecule has 2 fully saturated rings. The van der Waals surface area contributed by atoms with E-state index in [0.29, 0.717) is 11.6 Å². The van der Waals surface area contributed by atoms with Gasteiger partial charge >= 0.3 is 0 Å². The highest BCUT2D eigenvalue weighted by Crippen LogP contribution is 2.22. The first kappa shape index (κ1) is 20.1. The Morgan fingerprint density at radius 1 is 1.00 bits per heavy atom. The van der Waals surface area contributed by atoms with Gasteiger partial charge in [-0.05, 0) is 56.1 Å². The van der Waals surface area contributed by atoms with E-state index in [1.165, 1.54) is 25.0 Å². The number of hydrogen-bond acceptors (Lipinski definition) is 4. The van der Waals surface area contributed by atoms with Crippen LogP contribution in [0, 0.1) is 0 Å². The van der Waals surface area contributed by atoms with Crippen molar-refractivity contribution in [3.05, 3.63) is 65.7 Å². The average molecular weight is 414 g/mol. The molecule has 0 aliphatic carbocycles. The molecule has 2 saturated heterocycles. The van der Waals surface area contributed by atoms with Crippen LogP contribution in [0.1, 0.15) is 35.2 Å². The zero-order valence-electron chi connectivity index (χ0n) is 16.5. The quantitative estimate of drug-likeness (QED) is 0.790. The zero-order valence-corrected chi connectivity index (χ0v) is 17.3. The van der Waals surface area contributed by atoms with Gasteiger partial charge in [-0.15, -0.1) is 0 Å². The summed E-state index contributed by atoms with van der Waals surface area (Å²) in [6.07, 6.45) is 3.46. The van der Waals surface area contributed by atoms with E-state index < -0.39 is 10.0 Å². The maximum Gasteiger partial charge on any atom is 0.253 e. The predicted molar refractivity (Wildman–Crippen MR) is 112 cm³/mol. The molecule has 0 spiro atoms. The fraction of sp³-hybridized carbons (Fsp3) is 0.409. The Morgan fingerprint density at radius 2 is 1.76 bits per heavy atom. The summed E-state index contributed by atoms with van der Waals surface area (Å²) in [7, 11) is -3.69. The minimum absolute atomic E-state index is 0.0909. The van der Waals surface area contributed by atoms with E-state index in [2.05, 4.69) is 9.62 Å². The molecule has 2 aromatic carbocycles. The Balaban J connectivity index is 1.43. The predicted octanol–water partition coefficient (Wildman–Crippen LogP) is 2.48. The van der Waals surface area contributed by atoms with Crippen molar-refractivity contribution in [1.29, 1.82) is 0 Å². The number of nitrogens with zero attached hydrogens (tertiary/aromatic N) is 2. The zero-order chi connectivity index (χ0) is 20.3. The standard InChI is InChI=1S/C22H27N3O3S/c26-22(25-14-11-20(17-25)24-12-4-5-13-24)19-9-6-10-21(15-19)29(27,28)23-16-18-7-2-1-3-8-18/h1-3,6-10,15,20,23H,4-5,11-14,16-17H2. The molecular formula is C22H27N3O3S. The number of carbonyl (C=O) groups is 1. The van der Waals surface area contributed by atoms with Crippen molar-refractivity contribution in [2.75, 3.05) is 26.2 Å². The van der Waals surface area contributed by atoms with Gasteiger partial charge in [-0.25, -0.2) is 13.1 Å². The van der Waals surface area contributed by atoms with E-state index in [4.69, 9.17) is 0 Å². The van der Waals surface area contributed by atoms with Crippen LogP contribution in [-0.4, -0.2) is 56.3 Å². The second kappa shape index (κ2) is 8.65. The van der Waals surface area contributed by atoms with Crippen molar-refractivity contribution in [3.63, 3.8) is 0 Å². The summed E-state index contributed by atoms with van der Waals surface area (Å²) in [5, 5.41) is 0. The molecule has 0 saturated carbocycles. The molecule has 1 atom stereocenters. The van der Waals surface area contributed by atoms with E-state index >= 15 is 0 Å². The van der Waals surface area contributed by atoms with Crippen molar-refractivity contribution in [2.45, 2.75) is 36.7 Å². The first-order valence-corrected chi connectivity index (χ1v) is 11.7. The number of likely N-dealkylation sites (tertiary alicyclic amines) is 2. The number of sulfonamides is 1. The number of nitrogens with one attached hydrogen (secondary N) is 1. The monoisotopic (exact) mass is 413 g/mol. The molecule has 2 heterocycles. The van der Waals surface area contributed by atoms with Crippen LogP contribution in [-0.2, 0) is 16.6 Å². The van der Waals surface area contributed by atoms with E-state index in [0.717, 1.165) is 38.2 Å². The second-order valence-corrected chi connectivity index (χ2v) is 9.54. The molecular weight excluding hydrogens is 386 g/mol. The topological polar surface area (TPSA) is 69.7 Å². The van der Waals surface area contributed by atoms with Gasteiger partial charge in [0.05, 0.1) is 4.90 Å². The highest BCUT2D eigenvalue weighted by Gasteiger charge is 2.32. The number of benzene rings is 2. The molecule has 4 rings (SSSR count). The Bertz CT molecular complexity index is 956. The third kappa shape index (κ3) is 4.69. The molecule has 6 nitrogen and oxygen atoms in total. The van der Waals surface area contributed by atoms with Gasteiger partial charge in [-0.1, -0.05) is 36.4 Å². The molecule has 0 aromatic heterocycles. The fourth-order valence-electron chi connectivity index (χ4n) is 4.17. The maximum atomic E-state index is 13.0. The lowest BCUT2D eigenvalue weighted by molar-refractivity contribution is 0.0780. The van der Waals surface area contributed by atoms with Crippen molar-refractivity contribution in [3.8, 4) is 0 Å². The minimum atomic E-state index is -3.69. The van der Waals surface area contributed by atoms with Gasteiger partial charge in [0.15, 0.2) is 0 Å². The number of rotatable bonds is 6. The molecule has 1 unspecified atom stereocenters. The largest absolute Gasteiger partial charge is 0.337 e. The Hall–Kier alpha value is -2.22. The summed E-state index contributed by atoms with van der Waals surface area (Å²) >= 11 is 0. The molecule has 2 aromatic rings. The van der Waals surface area contributed by atoms with Gasteiger partial charge in [0.2, 0.25) is 10.0 Å². The van der Waals surface area contributed by atoms with Crippen LogP contribution in [0.4, 0.5) is 0 Å². The Morgan fingerprint density at radius 3 is 2.52 bits per heavy atom. The van der Waals surface area contributed by atoms with Crippen LogP contribution in [0.25, 0.3) is 0 Å². The molecule has 0 radical (unpaired) electrons. The van der Waals surface area contributed by atoms with Crippen LogP contribution < -0.4 is 4.72 Å². The Labute approximate surface area is 172 Å². The number of carbonyl (C=O) groups excluding carboxylic acids is 1. The van der Waals surface area contributed by atoms with Crippen LogP contribution in [0.15, 0.2) is 59.5 Å². The van der Waals surface area contributed by atoms with Gasteiger partial charge in [0.1, 0.15) is 0 Å². The normalized spacial score (nSPS) is 20.3. The molecule has 2 aliphatic rings. The van der Waals surface area contributed by atoms with Gasteiger partial charge in [-0.2, -0.15) is 0 Å². The summed E-state index contributed by atoms with van der Waals surface area (Å²) in [4.78, 5) is 17.4. The molecule has 1 amide bonds. The minimum Gasteiger partial charge on any atom is -0.337 e. The molecule has 0 bridgehead atoms. The third-order valence-corrected chi connectivity index (χ3v) is 7.21. The lowest BCUT2D eigenvalue weighted by Crippen LogP contribution is -2.37. The average Bonchev–Trinajstić information content (AvgIpc) is 3.44. The highest BCUT2D eigenvalue weighted by atomic mass is 32.2. The van der Waals surface area contributed by atoms with Crippen molar-refractivity contribution in [1.82, 2.24) is 14.5 Å². The molecule has 154 valence electrons. The van der Waals surface area contributed by atoms with E-state index in [9.17, 15) is 13.2 Å². The van der Waals surface area contributed by atoms with E-state index in [1.807, 2.05) is 35.2 Å². The van der Waals surface area contributed by atoms with Crippen LogP contribution >= 0.6 is 0 Å². The number of hydrogen-bond donors (Lipinski definition) is 1. The highest BCUT2D eigenvalue weighted by molar-refractivity contribution is 7.89. The molecule has 29 heavy (non-hydrogen) atoms. The summed E-state index contributed by atoms with van der Waals surface area (Å²) in [5.41, 5.74) is 1.31. The SMILES string of the molecule is O=C(c1cccc(S(=O)(=O)NCc2ccccc2)c1)N1CCC(N2CCCC2)C1. The number of amides is 1. The maximum absolute atomic E-state index is 13.0. The summed E-state index contributed by atoms with van der Waals surface area (Å²) in [5.74, 6) is -0.0909. The molecule has 2 aliphatic heterocycles. The van der Waals surface area contributed by atoms with Gasteiger partial charge < -0.3 is 4.90 Å². The second-order valence-electron chi connectivity index (χ2n) is 7.77. The van der Waals surface area contributed by atoms with Crippen molar-refractivity contribution in [2.24, 2.45) is 0 Å². The summed E-state index contributed by atoms with van der Waals surface area (Å²) in [6.45, 7) is 3.90. The van der Waals surface area contributed by atoms with E-state index in [-0.39, 0.29) is 17.3 Å². The smallest absolute Gasteiger partial charge is 0.253 e. The van der Waals surface area contributed by atoms with Crippen molar-refractivity contribution < 1.29 is 13.2 Å². The van der Waals surface area contributed by atoms with Crippen LogP contribution in [0.3, 0.4) is 0 Å². The molecule has 7 heteroatoms. The van der Waals surface area contributed by atoms with E-state index in [1.54, 1.807) is 12.1 Å². The lowest BCUT2D eigenvalue weighted by Gasteiger charge is -2.23. The Kier molecular flexibility index (Phi) is 5.99. The van der Waals surface area contributed by atoms with Gasteiger partial charge in [0.25, 0.3) is 5.91 Å². The van der Waals surface area contributed by atoms with Crippen molar-refractivity contribution >= 4 is 15.9 Å². The third-order valence-electron chi connectivity index (χ3n) is 5.81. The lowest BCUT2D eigenvalue weighted by atomic mass is 10.2.